The molecular weight excluding hydrogens is 282 g/mol. The van der Waals surface area contributed by atoms with Crippen molar-refractivity contribution in [2.75, 3.05) is 5.75 Å². The highest BCUT2D eigenvalue weighted by Gasteiger charge is 2.09. The number of carboxylic acids is 1. The van der Waals surface area contributed by atoms with Crippen LogP contribution in [0.15, 0.2) is 47.5 Å². The predicted octanol–water partition coefficient (Wildman–Crippen LogP) is 3.77. The van der Waals surface area contributed by atoms with Gasteiger partial charge in [-0.1, -0.05) is 17.7 Å². The normalized spacial score (nSPS) is 10.4. The van der Waals surface area contributed by atoms with Crippen molar-refractivity contribution < 1.29 is 9.90 Å². The maximum absolute atomic E-state index is 11.0. The van der Waals surface area contributed by atoms with E-state index in [9.17, 15) is 4.79 Å². The van der Waals surface area contributed by atoms with Crippen molar-refractivity contribution in [1.82, 2.24) is 4.98 Å². The quantitative estimate of drug-likeness (QED) is 0.853. The van der Waals surface area contributed by atoms with Crippen LogP contribution in [-0.2, 0) is 6.42 Å². The van der Waals surface area contributed by atoms with Crippen LogP contribution in [0, 0.1) is 0 Å². The number of thioether (sulfide) groups is 1. The van der Waals surface area contributed by atoms with Crippen molar-refractivity contribution in [3.05, 3.63) is 58.9 Å². The fraction of sp³-hybridized carbons (Fsp3) is 0.143. The average Bonchev–Trinajstić information content (AvgIpc) is 2.41. The summed E-state index contributed by atoms with van der Waals surface area (Å²) in [6.07, 6.45) is 2.61. The van der Waals surface area contributed by atoms with Gasteiger partial charge < -0.3 is 5.11 Å². The van der Waals surface area contributed by atoms with E-state index < -0.39 is 5.97 Å². The van der Waals surface area contributed by atoms with Crippen LogP contribution < -0.4 is 0 Å². The standard InChI is InChI=1S/C14H12ClNO2S/c15-13-5-4-11(9-12(13)14(17)18)19-8-6-10-3-1-2-7-16-10/h1-5,7,9H,6,8H2,(H,17,18). The molecule has 1 aromatic carbocycles. The third-order valence-corrected chi connectivity index (χ3v) is 3.85. The molecule has 1 N–H and O–H groups in total. The third-order valence-electron chi connectivity index (χ3n) is 2.52. The lowest BCUT2D eigenvalue weighted by Crippen LogP contribution is -1.98. The molecule has 0 unspecified atom stereocenters. The van der Waals surface area contributed by atoms with Gasteiger partial charge >= 0.3 is 5.97 Å². The molecular formula is C14H12ClNO2S. The summed E-state index contributed by atoms with van der Waals surface area (Å²) in [7, 11) is 0. The number of benzene rings is 1. The highest BCUT2D eigenvalue weighted by atomic mass is 35.5. The van der Waals surface area contributed by atoms with Crippen molar-refractivity contribution in [3.8, 4) is 0 Å². The van der Waals surface area contributed by atoms with Crippen molar-refractivity contribution in [2.45, 2.75) is 11.3 Å². The van der Waals surface area contributed by atoms with Gasteiger partial charge in [0.05, 0.1) is 10.6 Å². The molecule has 0 fully saturated rings. The van der Waals surface area contributed by atoms with Crippen molar-refractivity contribution in [1.29, 1.82) is 0 Å². The van der Waals surface area contributed by atoms with Gasteiger partial charge in [-0.25, -0.2) is 4.79 Å². The zero-order chi connectivity index (χ0) is 13.7. The number of carbonyl (C=O) groups is 1. The number of aromatic carboxylic acids is 1. The molecule has 1 aromatic heterocycles. The molecule has 0 radical (unpaired) electrons. The molecule has 0 atom stereocenters. The second kappa shape index (κ2) is 6.59. The molecule has 0 aliphatic heterocycles. The van der Waals surface area contributed by atoms with E-state index in [1.165, 1.54) is 0 Å². The number of rotatable bonds is 5. The molecule has 0 aliphatic carbocycles. The number of aromatic nitrogens is 1. The predicted molar refractivity (Wildman–Crippen MR) is 77.1 cm³/mol. The van der Waals surface area contributed by atoms with E-state index in [1.54, 1.807) is 30.1 Å². The number of hydrogen-bond acceptors (Lipinski definition) is 3. The lowest BCUT2D eigenvalue weighted by atomic mass is 10.2. The highest BCUT2D eigenvalue weighted by molar-refractivity contribution is 7.99. The summed E-state index contributed by atoms with van der Waals surface area (Å²) in [4.78, 5) is 16.1. The first kappa shape index (κ1) is 13.9. The first-order valence-electron chi connectivity index (χ1n) is 5.72. The number of carboxylic acid groups (broad SMARTS) is 1. The van der Waals surface area contributed by atoms with Crippen molar-refractivity contribution in [2.24, 2.45) is 0 Å². The second-order valence-corrected chi connectivity index (χ2v) is 5.44. The van der Waals surface area contributed by atoms with Crippen LogP contribution in [0.5, 0.6) is 0 Å². The summed E-state index contributed by atoms with van der Waals surface area (Å²) < 4.78 is 0. The Balaban J connectivity index is 1.97. The Morgan fingerprint density at radius 1 is 1.32 bits per heavy atom. The Morgan fingerprint density at radius 2 is 2.16 bits per heavy atom. The van der Waals surface area contributed by atoms with E-state index in [1.807, 2.05) is 24.3 Å². The molecule has 0 aliphatic rings. The Hall–Kier alpha value is -1.52. The molecule has 5 heteroatoms. The molecule has 0 saturated carbocycles. The SMILES string of the molecule is O=C(O)c1cc(SCCc2ccccn2)ccc1Cl. The lowest BCUT2D eigenvalue weighted by molar-refractivity contribution is 0.0697. The van der Waals surface area contributed by atoms with Gasteiger partial charge in [0.25, 0.3) is 0 Å². The van der Waals surface area contributed by atoms with E-state index in [0.717, 1.165) is 22.8 Å². The smallest absolute Gasteiger partial charge is 0.337 e. The van der Waals surface area contributed by atoms with Gasteiger partial charge in [-0.05, 0) is 36.8 Å². The topological polar surface area (TPSA) is 50.2 Å². The van der Waals surface area contributed by atoms with Gasteiger partial charge in [-0.3, -0.25) is 4.98 Å². The molecule has 3 nitrogen and oxygen atoms in total. The summed E-state index contributed by atoms with van der Waals surface area (Å²) in [6.45, 7) is 0. The minimum absolute atomic E-state index is 0.143. The van der Waals surface area contributed by atoms with Crippen molar-refractivity contribution >= 4 is 29.3 Å². The van der Waals surface area contributed by atoms with Crippen LogP contribution in [-0.4, -0.2) is 21.8 Å². The van der Waals surface area contributed by atoms with Crippen LogP contribution in [0.25, 0.3) is 0 Å². The number of pyridine rings is 1. The Kier molecular flexibility index (Phi) is 4.82. The van der Waals surface area contributed by atoms with Gasteiger partial charge in [0, 0.05) is 22.5 Å². The van der Waals surface area contributed by atoms with Crippen LogP contribution in [0.1, 0.15) is 16.1 Å². The van der Waals surface area contributed by atoms with E-state index in [2.05, 4.69) is 4.98 Å². The number of aryl methyl sites for hydroxylation is 1. The highest BCUT2D eigenvalue weighted by Crippen LogP contribution is 2.25. The van der Waals surface area contributed by atoms with Crippen LogP contribution >= 0.6 is 23.4 Å². The van der Waals surface area contributed by atoms with Crippen LogP contribution in [0.2, 0.25) is 5.02 Å². The molecule has 0 amide bonds. The first-order valence-corrected chi connectivity index (χ1v) is 7.09. The minimum atomic E-state index is -1.00. The monoisotopic (exact) mass is 293 g/mol. The largest absolute Gasteiger partial charge is 0.478 e. The fourth-order valence-corrected chi connectivity index (χ4v) is 2.69. The summed E-state index contributed by atoms with van der Waals surface area (Å²) in [6, 6.07) is 10.9. The molecule has 19 heavy (non-hydrogen) atoms. The maximum atomic E-state index is 11.0. The summed E-state index contributed by atoms with van der Waals surface area (Å²) in [5.41, 5.74) is 1.17. The Labute approximate surface area is 120 Å². The fourth-order valence-electron chi connectivity index (χ4n) is 1.58. The number of hydrogen-bond donors (Lipinski definition) is 1. The third kappa shape index (κ3) is 3.98. The Morgan fingerprint density at radius 3 is 2.84 bits per heavy atom. The lowest BCUT2D eigenvalue weighted by Gasteiger charge is -2.04. The van der Waals surface area contributed by atoms with Gasteiger partial charge in [0.2, 0.25) is 0 Å². The van der Waals surface area contributed by atoms with E-state index in [4.69, 9.17) is 16.7 Å². The summed E-state index contributed by atoms with van der Waals surface area (Å²) >= 11 is 7.41. The molecule has 0 spiro atoms. The van der Waals surface area contributed by atoms with E-state index in [0.29, 0.717) is 0 Å². The van der Waals surface area contributed by atoms with Gasteiger partial charge in [0.15, 0.2) is 0 Å². The second-order valence-electron chi connectivity index (χ2n) is 3.87. The van der Waals surface area contributed by atoms with Gasteiger partial charge in [-0.2, -0.15) is 0 Å². The summed E-state index contributed by atoms with van der Waals surface area (Å²) in [5.74, 6) is -0.158. The molecule has 0 saturated heterocycles. The minimum Gasteiger partial charge on any atom is -0.478 e. The van der Waals surface area contributed by atoms with Gasteiger partial charge in [0.1, 0.15) is 0 Å². The molecule has 2 aromatic rings. The average molecular weight is 294 g/mol. The van der Waals surface area contributed by atoms with Crippen LogP contribution in [0.3, 0.4) is 0 Å². The molecule has 98 valence electrons. The van der Waals surface area contributed by atoms with E-state index >= 15 is 0 Å². The van der Waals surface area contributed by atoms with Gasteiger partial charge in [-0.15, -0.1) is 11.8 Å². The first-order chi connectivity index (χ1) is 9.16. The van der Waals surface area contributed by atoms with Crippen molar-refractivity contribution in [3.63, 3.8) is 0 Å². The number of nitrogens with zero attached hydrogens (tertiary/aromatic N) is 1. The molecule has 0 bridgehead atoms. The Bertz CT molecular complexity index is 575. The molecule has 2 rings (SSSR count). The van der Waals surface area contributed by atoms with E-state index in [-0.39, 0.29) is 10.6 Å². The number of halogens is 1. The zero-order valence-electron chi connectivity index (χ0n) is 10.0. The summed E-state index contributed by atoms with van der Waals surface area (Å²) in [5, 5.41) is 9.26. The molecule has 1 heterocycles. The van der Waals surface area contributed by atoms with Crippen LogP contribution in [0.4, 0.5) is 0 Å². The zero-order valence-corrected chi connectivity index (χ0v) is 11.6. The maximum Gasteiger partial charge on any atom is 0.337 e.